The van der Waals surface area contributed by atoms with E-state index in [9.17, 15) is 4.79 Å². The Morgan fingerprint density at radius 2 is 1.71 bits per heavy atom. The zero-order valence-electron chi connectivity index (χ0n) is 11.2. The monoisotopic (exact) mass is 324 g/mol. The lowest BCUT2D eigenvalue weighted by atomic mass is 10.2. The molecule has 0 aliphatic carbocycles. The molecule has 5 nitrogen and oxygen atoms in total. The van der Waals surface area contributed by atoms with Gasteiger partial charge in [-0.1, -0.05) is 23.2 Å². The summed E-state index contributed by atoms with van der Waals surface area (Å²) >= 11 is 12.3. The molecule has 1 aromatic heterocycles. The molecule has 0 unspecified atom stereocenters. The number of nitrogens with two attached hydrogens (primary N) is 1. The molecule has 1 aliphatic heterocycles. The number of fused-ring (bicyclic) bond motifs is 1. The van der Waals surface area contributed by atoms with Crippen LogP contribution in [0.1, 0.15) is 0 Å². The Kier molecular flexibility index (Phi) is 3.78. The van der Waals surface area contributed by atoms with E-state index in [4.69, 9.17) is 28.9 Å². The fourth-order valence-electron chi connectivity index (χ4n) is 2.47. The standard InChI is InChI=1S/C14H14Cl2N4O/c15-10-2-3-11(16)13-9(10)1-4-12(18-13)19-5-7-20(8-6-19)14(17)21/h1-4H,5-8H2,(H2,17,21). The number of benzene rings is 1. The zero-order chi connectivity index (χ0) is 15.0. The van der Waals surface area contributed by atoms with E-state index in [0.29, 0.717) is 41.7 Å². The highest BCUT2D eigenvalue weighted by atomic mass is 35.5. The van der Waals surface area contributed by atoms with Crippen molar-refractivity contribution in [1.82, 2.24) is 9.88 Å². The first-order valence-electron chi connectivity index (χ1n) is 6.60. The minimum atomic E-state index is -0.379. The molecule has 2 N–H and O–H groups in total. The van der Waals surface area contributed by atoms with Gasteiger partial charge in [0.15, 0.2) is 0 Å². The highest BCUT2D eigenvalue weighted by Crippen LogP contribution is 2.30. The predicted octanol–water partition coefficient (Wildman–Crippen LogP) is 2.74. The summed E-state index contributed by atoms with van der Waals surface area (Å²) in [7, 11) is 0. The molecule has 0 spiro atoms. The SMILES string of the molecule is NC(=O)N1CCN(c2ccc3c(Cl)ccc(Cl)c3n2)CC1. The summed E-state index contributed by atoms with van der Waals surface area (Å²) in [5, 5.41) is 2.04. The minimum Gasteiger partial charge on any atom is -0.353 e. The lowest BCUT2D eigenvalue weighted by molar-refractivity contribution is 0.204. The van der Waals surface area contributed by atoms with Crippen molar-refractivity contribution in [3.8, 4) is 0 Å². The van der Waals surface area contributed by atoms with E-state index in [1.807, 2.05) is 12.1 Å². The molecular weight excluding hydrogens is 311 g/mol. The van der Waals surface area contributed by atoms with Gasteiger partial charge in [0, 0.05) is 31.6 Å². The minimum absolute atomic E-state index is 0.379. The second kappa shape index (κ2) is 5.58. The van der Waals surface area contributed by atoms with Crippen molar-refractivity contribution in [3.63, 3.8) is 0 Å². The van der Waals surface area contributed by atoms with Gasteiger partial charge in [-0.25, -0.2) is 9.78 Å². The van der Waals surface area contributed by atoms with E-state index in [1.165, 1.54) is 0 Å². The summed E-state index contributed by atoms with van der Waals surface area (Å²) in [5.41, 5.74) is 5.98. The van der Waals surface area contributed by atoms with Crippen molar-refractivity contribution >= 4 is 46.0 Å². The normalized spacial score (nSPS) is 15.5. The maximum absolute atomic E-state index is 11.1. The van der Waals surface area contributed by atoms with Crippen LogP contribution in [0.3, 0.4) is 0 Å². The number of carbonyl (C=O) groups excluding carboxylic acids is 1. The van der Waals surface area contributed by atoms with Crippen molar-refractivity contribution in [2.45, 2.75) is 0 Å². The third-order valence-corrected chi connectivity index (χ3v) is 4.29. The number of urea groups is 1. The van der Waals surface area contributed by atoms with Gasteiger partial charge >= 0.3 is 6.03 Å². The van der Waals surface area contributed by atoms with Gasteiger partial charge in [0.2, 0.25) is 0 Å². The van der Waals surface area contributed by atoms with Gasteiger partial charge in [0.25, 0.3) is 0 Å². The Balaban J connectivity index is 1.89. The van der Waals surface area contributed by atoms with Gasteiger partial charge in [0.05, 0.1) is 15.6 Å². The number of piperazine rings is 1. The number of pyridine rings is 1. The molecule has 2 heterocycles. The van der Waals surface area contributed by atoms with Crippen molar-refractivity contribution < 1.29 is 4.79 Å². The Labute approximate surface area is 132 Å². The average molecular weight is 325 g/mol. The van der Waals surface area contributed by atoms with Crippen LogP contribution in [0.15, 0.2) is 24.3 Å². The molecule has 0 saturated carbocycles. The molecule has 110 valence electrons. The Morgan fingerprint density at radius 1 is 1.05 bits per heavy atom. The molecule has 2 aromatic rings. The van der Waals surface area contributed by atoms with Crippen LogP contribution in [-0.2, 0) is 0 Å². The van der Waals surface area contributed by atoms with E-state index in [-0.39, 0.29) is 6.03 Å². The first kappa shape index (κ1) is 14.2. The van der Waals surface area contributed by atoms with Gasteiger partial charge in [-0.3, -0.25) is 0 Å². The number of halogens is 2. The van der Waals surface area contributed by atoms with E-state index in [0.717, 1.165) is 11.2 Å². The molecule has 1 saturated heterocycles. The van der Waals surface area contributed by atoms with Crippen molar-refractivity contribution in [2.24, 2.45) is 5.73 Å². The summed E-state index contributed by atoms with van der Waals surface area (Å²) < 4.78 is 0. The molecule has 3 rings (SSSR count). The number of hydrogen-bond acceptors (Lipinski definition) is 3. The maximum atomic E-state index is 11.1. The van der Waals surface area contributed by atoms with E-state index >= 15 is 0 Å². The smallest absolute Gasteiger partial charge is 0.314 e. The molecule has 0 atom stereocenters. The lowest BCUT2D eigenvalue weighted by Gasteiger charge is -2.34. The quantitative estimate of drug-likeness (QED) is 0.877. The van der Waals surface area contributed by atoms with Crippen LogP contribution in [0, 0.1) is 0 Å². The van der Waals surface area contributed by atoms with E-state index in [1.54, 1.807) is 17.0 Å². The number of aromatic nitrogens is 1. The summed E-state index contributed by atoms with van der Waals surface area (Å²) in [4.78, 5) is 19.5. The summed E-state index contributed by atoms with van der Waals surface area (Å²) in [5.74, 6) is 0.829. The maximum Gasteiger partial charge on any atom is 0.314 e. The fourth-order valence-corrected chi connectivity index (χ4v) is 2.89. The van der Waals surface area contributed by atoms with Crippen LogP contribution in [0.5, 0.6) is 0 Å². The predicted molar refractivity (Wildman–Crippen MR) is 85.1 cm³/mol. The summed E-state index contributed by atoms with van der Waals surface area (Å²) in [6.07, 6.45) is 0. The molecule has 1 fully saturated rings. The molecule has 1 aliphatic rings. The highest BCUT2D eigenvalue weighted by molar-refractivity contribution is 6.39. The van der Waals surface area contributed by atoms with Crippen LogP contribution in [0.25, 0.3) is 10.9 Å². The highest BCUT2D eigenvalue weighted by Gasteiger charge is 2.20. The zero-order valence-corrected chi connectivity index (χ0v) is 12.7. The van der Waals surface area contributed by atoms with Crippen LogP contribution in [0.4, 0.5) is 10.6 Å². The molecule has 0 bridgehead atoms. The second-order valence-corrected chi connectivity index (χ2v) is 5.72. The number of rotatable bonds is 1. The van der Waals surface area contributed by atoms with Crippen molar-refractivity contribution in [2.75, 3.05) is 31.1 Å². The largest absolute Gasteiger partial charge is 0.353 e. The first-order valence-corrected chi connectivity index (χ1v) is 7.36. The van der Waals surface area contributed by atoms with Gasteiger partial charge in [0.1, 0.15) is 5.82 Å². The van der Waals surface area contributed by atoms with Gasteiger partial charge in [-0.05, 0) is 24.3 Å². The second-order valence-electron chi connectivity index (χ2n) is 4.91. The Morgan fingerprint density at radius 3 is 2.38 bits per heavy atom. The molecule has 21 heavy (non-hydrogen) atoms. The Bertz CT molecular complexity index is 699. The fraction of sp³-hybridized carbons (Fsp3) is 0.286. The molecule has 1 aromatic carbocycles. The Hall–Kier alpha value is -1.72. The first-order chi connectivity index (χ1) is 10.1. The number of primary amides is 1. The van der Waals surface area contributed by atoms with Crippen LogP contribution < -0.4 is 10.6 Å². The summed E-state index contributed by atoms with van der Waals surface area (Å²) in [6.45, 7) is 2.58. The molecule has 7 heteroatoms. The average Bonchev–Trinajstić information content (AvgIpc) is 2.51. The number of carbonyl (C=O) groups is 1. The van der Waals surface area contributed by atoms with Crippen LogP contribution >= 0.6 is 23.2 Å². The van der Waals surface area contributed by atoms with Gasteiger partial charge < -0.3 is 15.5 Å². The third-order valence-electron chi connectivity index (χ3n) is 3.66. The molecule has 2 amide bonds. The van der Waals surface area contributed by atoms with E-state index < -0.39 is 0 Å². The lowest BCUT2D eigenvalue weighted by Crippen LogP contribution is -2.50. The molecule has 0 radical (unpaired) electrons. The molecular formula is C14H14Cl2N4O. The van der Waals surface area contributed by atoms with Crippen LogP contribution in [0.2, 0.25) is 10.0 Å². The topological polar surface area (TPSA) is 62.5 Å². The number of nitrogens with zero attached hydrogens (tertiary/aromatic N) is 3. The van der Waals surface area contributed by atoms with Crippen LogP contribution in [-0.4, -0.2) is 42.1 Å². The van der Waals surface area contributed by atoms with Gasteiger partial charge in [-0.15, -0.1) is 0 Å². The van der Waals surface area contributed by atoms with Gasteiger partial charge in [-0.2, -0.15) is 0 Å². The van der Waals surface area contributed by atoms with Crippen molar-refractivity contribution in [1.29, 1.82) is 0 Å². The number of amides is 2. The number of anilines is 1. The number of hydrogen-bond donors (Lipinski definition) is 1. The third kappa shape index (κ3) is 2.71. The van der Waals surface area contributed by atoms with Crippen molar-refractivity contribution in [3.05, 3.63) is 34.3 Å². The summed E-state index contributed by atoms with van der Waals surface area (Å²) in [6, 6.07) is 6.97. The van der Waals surface area contributed by atoms with E-state index in [2.05, 4.69) is 9.88 Å².